The summed E-state index contributed by atoms with van der Waals surface area (Å²) in [5.41, 5.74) is 1.65. The predicted molar refractivity (Wildman–Crippen MR) is 128 cm³/mol. The average molecular weight is 451 g/mol. The molecule has 0 fully saturated rings. The highest BCUT2D eigenvalue weighted by Gasteiger charge is 2.27. The smallest absolute Gasteiger partial charge is 0.265 e. The van der Waals surface area contributed by atoms with Crippen LogP contribution < -0.4 is 10.0 Å². The minimum absolute atomic E-state index is 0.0915. The highest BCUT2D eigenvalue weighted by Crippen LogP contribution is 2.37. The van der Waals surface area contributed by atoms with Gasteiger partial charge in [0, 0.05) is 6.16 Å². The highest BCUT2D eigenvalue weighted by atomic mass is 32.2. The summed E-state index contributed by atoms with van der Waals surface area (Å²) in [5.74, 6) is 0.605. The summed E-state index contributed by atoms with van der Waals surface area (Å²) in [4.78, 5) is 0. The molecule has 1 atom stereocenters. The Morgan fingerprint density at radius 3 is 2.03 bits per heavy atom. The van der Waals surface area contributed by atoms with Crippen molar-refractivity contribution in [2.45, 2.75) is 46.5 Å². The zero-order valence-electron chi connectivity index (χ0n) is 18.8. The summed E-state index contributed by atoms with van der Waals surface area (Å²) in [6, 6.07) is 18.2. The monoisotopic (exact) mass is 450 g/mol. The van der Waals surface area contributed by atoms with E-state index in [2.05, 4.69) is 46.8 Å². The quantitative estimate of drug-likeness (QED) is 0.385. The SMILES string of the molecule is CC(C)(C)CC(C)(C)c1ccc(OCCP(CCS(=O)(=O)O)c2ccccc2)cc1. The Hall–Kier alpha value is -1.42. The van der Waals surface area contributed by atoms with E-state index in [0.29, 0.717) is 12.8 Å². The Bertz CT molecular complexity index is 885. The van der Waals surface area contributed by atoms with Crippen LogP contribution in [0.4, 0.5) is 0 Å². The lowest BCUT2D eigenvalue weighted by Gasteiger charge is -2.33. The third-order valence-corrected chi connectivity index (χ3v) is 8.52. The molecule has 166 valence electrons. The first-order chi connectivity index (χ1) is 13.9. The standard InChI is InChI=1S/C24H35O4PS/c1-23(2,3)19-24(4,5)20-11-13-21(14-12-20)28-15-16-29(17-18-30(25,26)27)22-9-7-6-8-10-22/h6-14H,15-19H2,1-5H3,(H,25,26,27). The summed E-state index contributed by atoms with van der Waals surface area (Å²) in [6.07, 6.45) is 2.27. The second-order valence-corrected chi connectivity index (χ2v) is 13.7. The van der Waals surface area contributed by atoms with Crippen LogP contribution in [0.1, 0.15) is 46.6 Å². The van der Waals surface area contributed by atoms with Crippen LogP contribution in [0, 0.1) is 5.41 Å². The van der Waals surface area contributed by atoms with Crippen molar-refractivity contribution < 1.29 is 17.7 Å². The molecule has 0 aliphatic rings. The first kappa shape index (κ1) is 24.8. The second kappa shape index (κ2) is 10.3. The molecule has 4 nitrogen and oxygen atoms in total. The first-order valence-electron chi connectivity index (χ1n) is 10.3. The molecule has 0 spiro atoms. The molecule has 2 aromatic carbocycles. The minimum atomic E-state index is -3.96. The lowest BCUT2D eigenvalue weighted by molar-refractivity contribution is 0.283. The van der Waals surface area contributed by atoms with Crippen molar-refractivity contribution in [3.8, 4) is 5.75 Å². The molecule has 0 aliphatic carbocycles. The summed E-state index contributed by atoms with van der Waals surface area (Å²) < 4.78 is 37.5. The van der Waals surface area contributed by atoms with Crippen LogP contribution in [0.3, 0.4) is 0 Å². The van der Waals surface area contributed by atoms with Crippen LogP contribution in [-0.4, -0.2) is 37.7 Å². The Balaban J connectivity index is 1.97. The van der Waals surface area contributed by atoms with Gasteiger partial charge in [0.25, 0.3) is 10.1 Å². The van der Waals surface area contributed by atoms with Gasteiger partial charge in [0.1, 0.15) is 5.75 Å². The van der Waals surface area contributed by atoms with E-state index in [-0.39, 0.29) is 16.6 Å². The van der Waals surface area contributed by atoms with Gasteiger partial charge in [-0.1, -0.05) is 85.0 Å². The molecule has 0 amide bonds. The van der Waals surface area contributed by atoms with E-state index in [9.17, 15) is 8.42 Å². The molecule has 1 unspecified atom stereocenters. The normalized spacial score (nSPS) is 13.8. The fourth-order valence-corrected chi connectivity index (χ4v) is 7.39. The van der Waals surface area contributed by atoms with Gasteiger partial charge in [-0.05, 0) is 46.4 Å². The zero-order valence-corrected chi connectivity index (χ0v) is 20.5. The highest BCUT2D eigenvalue weighted by molar-refractivity contribution is 7.86. The molecule has 30 heavy (non-hydrogen) atoms. The van der Waals surface area contributed by atoms with Gasteiger partial charge in [-0.25, -0.2) is 0 Å². The maximum Gasteiger partial charge on any atom is 0.265 e. The molecule has 2 aromatic rings. The van der Waals surface area contributed by atoms with Crippen LogP contribution in [0.2, 0.25) is 0 Å². The van der Waals surface area contributed by atoms with Gasteiger partial charge in [0.2, 0.25) is 0 Å². The Morgan fingerprint density at radius 1 is 0.900 bits per heavy atom. The number of benzene rings is 2. The molecule has 0 radical (unpaired) electrons. The topological polar surface area (TPSA) is 63.6 Å². The van der Waals surface area contributed by atoms with Gasteiger partial charge >= 0.3 is 0 Å². The Labute approximate surface area is 183 Å². The molecule has 1 N–H and O–H groups in total. The van der Waals surface area contributed by atoms with E-state index in [1.807, 2.05) is 42.5 Å². The Kier molecular flexibility index (Phi) is 8.50. The first-order valence-corrected chi connectivity index (χ1v) is 13.7. The molecule has 2 rings (SSSR count). The molecular formula is C24H35O4PS. The van der Waals surface area contributed by atoms with Crippen LogP contribution in [0.15, 0.2) is 54.6 Å². The maximum atomic E-state index is 11.2. The maximum absolute atomic E-state index is 11.2. The van der Waals surface area contributed by atoms with E-state index >= 15 is 0 Å². The number of ether oxygens (including phenoxy) is 1. The molecule has 6 heteroatoms. The zero-order chi connectivity index (χ0) is 22.4. The van der Waals surface area contributed by atoms with Crippen molar-refractivity contribution in [2.75, 3.05) is 24.7 Å². The summed E-state index contributed by atoms with van der Waals surface area (Å²) in [6.45, 7) is 11.8. The third kappa shape index (κ3) is 8.75. The molecule has 0 aliphatic heterocycles. The minimum Gasteiger partial charge on any atom is -0.493 e. The van der Waals surface area contributed by atoms with Gasteiger partial charge in [-0.15, -0.1) is 0 Å². The molecule has 0 aromatic heterocycles. The summed E-state index contributed by atoms with van der Waals surface area (Å²) in [7, 11) is -4.68. The van der Waals surface area contributed by atoms with E-state index in [4.69, 9.17) is 9.29 Å². The lowest BCUT2D eigenvalue weighted by Crippen LogP contribution is -2.24. The lowest BCUT2D eigenvalue weighted by atomic mass is 9.72. The van der Waals surface area contributed by atoms with Crippen molar-refractivity contribution in [2.24, 2.45) is 5.41 Å². The summed E-state index contributed by atoms with van der Waals surface area (Å²) >= 11 is 0. The van der Waals surface area contributed by atoms with E-state index < -0.39 is 18.0 Å². The van der Waals surface area contributed by atoms with Crippen molar-refractivity contribution in [3.05, 3.63) is 60.2 Å². The molecule has 0 saturated heterocycles. The van der Waals surface area contributed by atoms with Crippen molar-refractivity contribution >= 4 is 23.3 Å². The van der Waals surface area contributed by atoms with E-state index in [1.54, 1.807) is 0 Å². The van der Waals surface area contributed by atoms with Gasteiger partial charge < -0.3 is 4.74 Å². The molecule has 0 bridgehead atoms. The van der Waals surface area contributed by atoms with E-state index in [0.717, 1.165) is 23.6 Å². The largest absolute Gasteiger partial charge is 0.493 e. The number of rotatable bonds is 10. The predicted octanol–water partition coefficient (Wildman–Crippen LogP) is 5.47. The second-order valence-electron chi connectivity index (χ2n) is 9.60. The van der Waals surface area contributed by atoms with Gasteiger partial charge in [0.15, 0.2) is 0 Å². The number of hydrogen-bond donors (Lipinski definition) is 1. The van der Waals surface area contributed by atoms with Crippen LogP contribution in [-0.2, 0) is 15.5 Å². The number of hydrogen-bond acceptors (Lipinski definition) is 3. The van der Waals surface area contributed by atoms with Crippen LogP contribution >= 0.6 is 7.92 Å². The fraction of sp³-hybridized carbons (Fsp3) is 0.500. The van der Waals surface area contributed by atoms with Crippen LogP contribution in [0.25, 0.3) is 0 Å². The Morgan fingerprint density at radius 2 is 1.50 bits per heavy atom. The van der Waals surface area contributed by atoms with Crippen molar-refractivity contribution in [1.29, 1.82) is 0 Å². The van der Waals surface area contributed by atoms with Gasteiger partial charge in [-0.2, -0.15) is 8.42 Å². The van der Waals surface area contributed by atoms with E-state index in [1.165, 1.54) is 5.56 Å². The molecule has 0 heterocycles. The fourth-order valence-electron chi connectivity index (χ4n) is 3.94. The van der Waals surface area contributed by atoms with Crippen molar-refractivity contribution in [1.82, 2.24) is 0 Å². The average Bonchev–Trinajstić information content (AvgIpc) is 2.63. The van der Waals surface area contributed by atoms with Crippen molar-refractivity contribution in [3.63, 3.8) is 0 Å². The summed E-state index contributed by atoms with van der Waals surface area (Å²) in [5, 5.41) is 1.12. The van der Waals surface area contributed by atoms with Gasteiger partial charge in [0.05, 0.1) is 12.4 Å². The molecule has 0 saturated carbocycles. The molecular weight excluding hydrogens is 415 g/mol. The van der Waals surface area contributed by atoms with Crippen LogP contribution in [0.5, 0.6) is 5.75 Å². The van der Waals surface area contributed by atoms with Gasteiger partial charge in [-0.3, -0.25) is 4.55 Å². The third-order valence-electron chi connectivity index (χ3n) is 4.98.